The van der Waals surface area contributed by atoms with Crippen molar-refractivity contribution < 1.29 is 4.79 Å². The molecule has 0 saturated carbocycles. The number of hydrogen-bond acceptors (Lipinski definition) is 1. The molecule has 0 atom stereocenters. The monoisotopic (exact) mass is 260 g/mol. The van der Waals surface area contributed by atoms with Crippen molar-refractivity contribution in [3.63, 3.8) is 0 Å². The van der Waals surface area contributed by atoms with Crippen molar-refractivity contribution >= 4 is 16.6 Å². The van der Waals surface area contributed by atoms with E-state index in [1.54, 1.807) is 0 Å². The average Bonchev–Trinajstić information content (AvgIpc) is 2.49. The first-order valence-corrected chi connectivity index (χ1v) is 6.76. The smallest absolute Gasteiger partial charge is 0.193 e. The fraction of sp³-hybridized carbons (Fsp3) is 0.105. The normalized spacial score (nSPS) is 10.7. The first kappa shape index (κ1) is 12.6. The van der Waals surface area contributed by atoms with Crippen LogP contribution in [0.2, 0.25) is 0 Å². The van der Waals surface area contributed by atoms with Crippen LogP contribution in [0.15, 0.2) is 60.7 Å². The SMILES string of the molecule is Cc1cccc(C(=O)c2ccc3ccccc3c2)c1C. The van der Waals surface area contributed by atoms with Gasteiger partial charge in [0.2, 0.25) is 0 Å². The molecule has 0 fully saturated rings. The molecule has 3 aromatic rings. The Kier molecular flexibility index (Phi) is 3.11. The highest BCUT2D eigenvalue weighted by Crippen LogP contribution is 2.21. The number of hydrogen-bond donors (Lipinski definition) is 0. The molecule has 0 heterocycles. The Bertz CT molecular complexity index is 800. The van der Waals surface area contributed by atoms with E-state index < -0.39 is 0 Å². The molecule has 0 unspecified atom stereocenters. The summed E-state index contributed by atoms with van der Waals surface area (Å²) in [6.07, 6.45) is 0. The van der Waals surface area contributed by atoms with Gasteiger partial charge >= 0.3 is 0 Å². The fourth-order valence-electron chi connectivity index (χ4n) is 2.48. The van der Waals surface area contributed by atoms with Crippen LogP contribution in [0, 0.1) is 13.8 Å². The van der Waals surface area contributed by atoms with Crippen molar-refractivity contribution in [2.45, 2.75) is 13.8 Å². The topological polar surface area (TPSA) is 17.1 Å². The first-order valence-electron chi connectivity index (χ1n) is 6.76. The lowest BCUT2D eigenvalue weighted by atomic mass is 9.95. The summed E-state index contributed by atoms with van der Waals surface area (Å²) in [5.74, 6) is 0.0944. The van der Waals surface area contributed by atoms with Gasteiger partial charge in [-0.25, -0.2) is 0 Å². The fourth-order valence-corrected chi connectivity index (χ4v) is 2.48. The largest absolute Gasteiger partial charge is 0.289 e. The molecule has 1 nitrogen and oxygen atoms in total. The van der Waals surface area contributed by atoms with Crippen molar-refractivity contribution in [1.82, 2.24) is 0 Å². The number of ketones is 1. The predicted molar refractivity (Wildman–Crippen MR) is 83.3 cm³/mol. The van der Waals surface area contributed by atoms with Gasteiger partial charge in [-0.2, -0.15) is 0 Å². The molecule has 0 N–H and O–H groups in total. The molecule has 3 aromatic carbocycles. The summed E-state index contributed by atoms with van der Waals surface area (Å²) in [6.45, 7) is 4.04. The first-order chi connectivity index (χ1) is 9.66. The van der Waals surface area contributed by atoms with Crippen molar-refractivity contribution in [2.75, 3.05) is 0 Å². The minimum absolute atomic E-state index is 0.0944. The van der Waals surface area contributed by atoms with Crippen LogP contribution in [-0.4, -0.2) is 5.78 Å². The van der Waals surface area contributed by atoms with Gasteiger partial charge in [-0.05, 0) is 41.8 Å². The zero-order chi connectivity index (χ0) is 14.1. The molecular weight excluding hydrogens is 244 g/mol. The summed E-state index contributed by atoms with van der Waals surface area (Å²) >= 11 is 0. The third-order valence-electron chi connectivity index (χ3n) is 3.86. The summed E-state index contributed by atoms with van der Waals surface area (Å²) in [6, 6.07) is 19.9. The molecule has 98 valence electrons. The van der Waals surface area contributed by atoms with E-state index in [4.69, 9.17) is 0 Å². The number of rotatable bonds is 2. The highest BCUT2D eigenvalue weighted by Gasteiger charge is 2.12. The summed E-state index contributed by atoms with van der Waals surface area (Å²) in [4.78, 5) is 12.7. The second-order valence-electron chi connectivity index (χ2n) is 5.14. The van der Waals surface area contributed by atoms with E-state index in [0.29, 0.717) is 0 Å². The Morgan fingerprint density at radius 3 is 2.35 bits per heavy atom. The molecule has 0 aromatic heterocycles. The zero-order valence-electron chi connectivity index (χ0n) is 11.7. The number of aryl methyl sites for hydroxylation is 1. The molecule has 3 rings (SSSR count). The van der Waals surface area contributed by atoms with Gasteiger partial charge in [-0.1, -0.05) is 54.6 Å². The zero-order valence-corrected chi connectivity index (χ0v) is 11.7. The maximum absolute atomic E-state index is 12.7. The van der Waals surface area contributed by atoms with E-state index in [-0.39, 0.29) is 5.78 Å². The van der Waals surface area contributed by atoms with E-state index in [1.807, 2.05) is 68.4 Å². The van der Waals surface area contributed by atoms with Crippen LogP contribution in [0.5, 0.6) is 0 Å². The van der Waals surface area contributed by atoms with Gasteiger partial charge in [0, 0.05) is 11.1 Å². The third-order valence-corrected chi connectivity index (χ3v) is 3.86. The lowest BCUT2D eigenvalue weighted by Gasteiger charge is -2.08. The van der Waals surface area contributed by atoms with E-state index in [0.717, 1.165) is 33.0 Å². The van der Waals surface area contributed by atoms with E-state index in [1.165, 1.54) is 0 Å². The molecule has 0 saturated heterocycles. The van der Waals surface area contributed by atoms with E-state index in [9.17, 15) is 4.79 Å². The standard InChI is InChI=1S/C19H16O/c1-13-6-5-9-18(14(13)2)19(20)17-11-10-15-7-3-4-8-16(15)12-17/h3-12H,1-2H3. The minimum Gasteiger partial charge on any atom is -0.289 e. The Hall–Kier alpha value is -2.41. The van der Waals surface area contributed by atoms with Crippen molar-refractivity contribution in [1.29, 1.82) is 0 Å². The summed E-state index contributed by atoms with van der Waals surface area (Å²) in [7, 11) is 0. The molecule has 1 heteroatoms. The Morgan fingerprint density at radius 1 is 0.800 bits per heavy atom. The minimum atomic E-state index is 0.0944. The molecule has 0 radical (unpaired) electrons. The maximum Gasteiger partial charge on any atom is 0.193 e. The van der Waals surface area contributed by atoms with Crippen molar-refractivity contribution in [3.05, 3.63) is 82.9 Å². The highest BCUT2D eigenvalue weighted by molar-refractivity contribution is 6.11. The molecule has 0 aliphatic rings. The van der Waals surface area contributed by atoms with Gasteiger partial charge in [0.05, 0.1) is 0 Å². The van der Waals surface area contributed by atoms with Crippen LogP contribution in [0.1, 0.15) is 27.0 Å². The molecule has 0 aliphatic carbocycles. The van der Waals surface area contributed by atoms with Gasteiger partial charge in [0.1, 0.15) is 0 Å². The number of fused-ring (bicyclic) bond motifs is 1. The second kappa shape index (κ2) is 4.93. The predicted octanol–water partition coefficient (Wildman–Crippen LogP) is 4.69. The van der Waals surface area contributed by atoms with Crippen LogP contribution in [0.4, 0.5) is 0 Å². The Balaban J connectivity index is 2.10. The third kappa shape index (κ3) is 2.12. The van der Waals surface area contributed by atoms with Crippen molar-refractivity contribution in [2.24, 2.45) is 0 Å². The molecule has 0 spiro atoms. The Morgan fingerprint density at radius 2 is 1.55 bits per heavy atom. The van der Waals surface area contributed by atoms with Crippen molar-refractivity contribution in [3.8, 4) is 0 Å². The van der Waals surface area contributed by atoms with E-state index in [2.05, 4.69) is 6.07 Å². The van der Waals surface area contributed by atoms with Gasteiger partial charge in [-0.15, -0.1) is 0 Å². The van der Waals surface area contributed by atoms with Gasteiger partial charge in [-0.3, -0.25) is 4.79 Å². The average molecular weight is 260 g/mol. The molecular formula is C19H16O. The number of benzene rings is 3. The molecule has 20 heavy (non-hydrogen) atoms. The molecule has 0 amide bonds. The van der Waals surface area contributed by atoms with Crippen LogP contribution in [-0.2, 0) is 0 Å². The summed E-state index contributed by atoms with van der Waals surface area (Å²) in [5.41, 5.74) is 3.75. The summed E-state index contributed by atoms with van der Waals surface area (Å²) < 4.78 is 0. The van der Waals surface area contributed by atoms with Crippen LogP contribution in [0.3, 0.4) is 0 Å². The van der Waals surface area contributed by atoms with E-state index >= 15 is 0 Å². The van der Waals surface area contributed by atoms with Gasteiger partial charge < -0.3 is 0 Å². The molecule has 0 aliphatic heterocycles. The summed E-state index contributed by atoms with van der Waals surface area (Å²) in [5, 5.41) is 2.26. The van der Waals surface area contributed by atoms with Crippen LogP contribution < -0.4 is 0 Å². The lowest BCUT2D eigenvalue weighted by Crippen LogP contribution is -2.04. The molecule has 0 bridgehead atoms. The van der Waals surface area contributed by atoms with Crippen LogP contribution >= 0.6 is 0 Å². The quantitative estimate of drug-likeness (QED) is 0.611. The lowest BCUT2D eigenvalue weighted by molar-refractivity contribution is 0.103. The maximum atomic E-state index is 12.7. The highest BCUT2D eigenvalue weighted by atomic mass is 16.1. The van der Waals surface area contributed by atoms with Gasteiger partial charge in [0.15, 0.2) is 5.78 Å². The number of carbonyl (C=O) groups is 1. The van der Waals surface area contributed by atoms with Gasteiger partial charge in [0.25, 0.3) is 0 Å². The Labute approximate surface area is 118 Å². The second-order valence-corrected chi connectivity index (χ2v) is 5.14. The van der Waals surface area contributed by atoms with Crippen LogP contribution in [0.25, 0.3) is 10.8 Å². The number of carbonyl (C=O) groups excluding carboxylic acids is 1.